The molecule has 82 valence electrons. The van der Waals surface area contributed by atoms with Crippen molar-refractivity contribution in [3.63, 3.8) is 0 Å². The summed E-state index contributed by atoms with van der Waals surface area (Å²) in [5.74, 6) is -5.35. The number of alkyl halides is 2. The topological polar surface area (TPSA) is 63.2 Å². The predicted octanol–water partition coefficient (Wildman–Crippen LogP) is 0.469. The van der Waals surface area contributed by atoms with Crippen molar-refractivity contribution in [3.05, 3.63) is 0 Å². The lowest BCUT2D eigenvalue weighted by Gasteiger charge is -2.27. The van der Waals surface area contributed by atoms with Gasteiger partial charge in [0, 0.05) is 23.1 Å². The standard InChI is InChI=1S/C6H8ClF2NO3S/c7-14(12,13)3-4-1-2-6(8,9)5(11)10-4/h4H,1-3H2,(H,10,11). The maximum atomic E-state index is 12.6. The number of carbonyl (C=O) groups is 1. The Hall–Kier alpha value is -0.430. The quantitative estimate of drug-likeness (QED) is 0.722. The van der Waals surface area contributed by atoms with Crippen molar-refractivity contribution in [2.24, 2.45) is 0 Å². The van der Waals surface area contributed by atoms with Crippen molar-refractivity contribution in [1.82, 2.24) is 5.32 Å². The van der Waals surface area contributed by atoms with Crippen LogP contribution < -0.4 is 5.32 Å². The highest BCUT2D eigenvalue weighted by atomic mass is 35.7. The molecule has 0 saturated carbocycles. The van der Waals surface area contributed by atoms with Gasteiger partial charge in [0.2, 0.25) is 9.05 Å². The molecule has 1 aliphatic rings. The van der Waals surface area contributed by atoms with E-state index in [2.05, 4.69) is 0 Å². The lowest BCUT2D eigenvalue weighted by Crippen LogP contribution is -2.52. The molecule has 1 amide bonds. The molecule has 14 heavy (non-hydrogen) atoms. The lowest BCUT2D eigenvalue weighted by molar-refractivity contribution is -0.151. The second-order valence-electron chi connectivity index (χ2n) is 3.12. The van der Waals surface area contributed by atoms with Crippen molar-refractivity contribution >= 4 is 25.6 Å². The summed E-state index contributed by atoms with van der Waals surface area (Å²) in [5.41, 5.74) is 0. The molecular weight excluding hydrogens is 240 g/mol. The molecule has 8 heteroatoms. The number of hydrogen-bond donors (Lipinski definition) is 1. The van der Waals surface area contributed by atoms with Gasteiger partial charge in [-0.15, -0.1) is 0 Å². The molecule has 0 aliphatic carbocycles. The van der Waals surface area contributed by atoms with Gasteiger partial charge in [0.15, 0.2) is 0 Å². The Kier molecular flexibility index (Phi) is 3.01. The Morgan fingerprint density at radius 1 is 1.57 bits per heavy atom. The Labute approximate surface area is 84.0 Å². The van der Waals surface area contributed by atoms with E-state index < -0.39 is 39.1 Å². The van der Waals surface area contributed by atoms with E-state index in [-0.39, 0.29) is 6.42 Å². The Bertz CT molecular complexity index is 343. The summed E-state index contributed by atoms with van der Waals surface area (Å²) in [4.78, 5) is 10.7. The highest BCUT2D eigenvalue weighted by Gasteiger charge is 2.44. The third-order valence-electron chi connectivity index (χ3n) is 1.87. The van der Waals surface area contributed by atoms with Crippen LogP contribution in [-0.2, 0) is 13.8 Å². The molecule has 0 spiro atoms. The molecule has 0 aromatic carbocycles. The van der Waals surface area contributed by atoms with Crippen molar-refractivity contribution < 1.29 is 22.0 Å². The molecule has 1 heterocycles. The van der Waals surface area contributed by atoms with E-state index in [0.717, 1.165) is 0 Å². The van der Waals surface area contributed by atoms with Crippen LogP contribution in [-0.4, -0.2) is 32.0 Å². The first-order chi connectivity index (χ1) is 6.21. The second-order valence-corrected chi connectivity index (χ2v) is 5.94. The molecule has 1 rings (SSSR count). The maximum absolute atomic E-state index is 12.6. The van der Waals surface area contributed by atoms with E-state index in [9.17, 15) is 22.0 Å². The summed E-state index contributed by atoms with van der Waals surface area (Å²) in [7, 11) is 1.15. The summed E-state index contributed by atoms with van der Waals surface area (Å²) in [6.45, 7) is 0. The Morgan fingerprint density at radius 3 is 2.57 bits per heavy atom. The fraction of sp³-hybridized carbons (Fsp3) is 0.833. The predicted molar refractivity (Wildman–Crippen MR) is 45.8 cm³/mol. The zero-order valence-corrected chi connectivity index (χ0v) is 8.54. The molecule has 1 fully saturated rings. The van der Waals surface area contributed by atoms with Crippen LogP contribution in [0.5, 0.6) is 0 Å². The van der Waals surface area contributed by atoms with Gasteiger partial charge >= 0.3 is 5.92 Å². The average molecular weight is 248 g/mol. The number of hydrogen-bond acceptors (Lipinski definition) is 3. The van der Waals surface area contributed by atoms with Gasteiger partial charge in [-0.1, -0.05) is 0 Å². The molecule has 0 radical (unpaired) electrons. The minimum absolute atomic E-state index is 0.0926. The van der Waals surface area contributed by atoms with Crippen LogP contribution >= 0.6 is 10.7 Å². The molecule has 0 bridgehead atoms. The fourth-order valence-electron chi connectivity index (χ4n) is 1.20. The molecule has 0 aromatic rings. The Balaban J connectivity index is 2.61. The molecule has 1 N–H and O–H groups in total. The van der Waals surface area contributed by atoms with E-state index in [4.69, 9.17) is 10.7 Å². The van der Waals surface area contributed by atoms with E-state index >= 15 is 0 Å². The second kappa shape index (κ2) is 3.62. The number of carbonyl (C=O) groups excluding carboxylic acids is 1. The van der Waals surface area contributed by atoms with Gasteiger partial charge in [-0.05, 0) is 6.42 Å². The molecule has 1 atom stereocenters. The van der Waals surface area contributed by atoms with Gasteiger partial charge in [0.1, 0.15) is 0 Å². The van der Waals surface area contributed by atoms with Crippen LogP contribution in [0.15, 0.2) is 0 Å². The van der Waals surface area contributed by atoms with Crippen molar-refractivity contribution in [3.8, 4) is 0 Å². The first kappa shape index (κ1) is 11.6. The summed E-state index contributed by atoms with van der Waals surface area (Å²) in [6.07, 6.45) is -0.736. The summed E-state index contributed by atoms with van der Waals surface area (Å²) >= 11 is 0. The fourth-order valence-corrected chi connectivity index (χ4v) is 2.38. The van der Waals surface area contributed by atoms with E-state index in [0.29, 0.717) is 0 Å². The Morgan fingerprint density at radius 2 is 2.14 bits per heavy atom. The van der Waals surface area contributed by atoms with Gasteiger partial charge < -0.3 is 5.32 Å². The van der Waals surface area contributed by atoms with Gasteiger partial charge in [-0.25, -0.2) is 8.42 Å². The lowest BCUT2D eigenvalue weighted by atomic mass is 10.0. The van der Waals surface area contributed by atoms with Crippen molar-refractivity contribution in [1.29, 1.82) is 0 Å². The smallest absolute Gasteiger partial charge is 0.324 e. The average Bonchev–Trinajstić information content (AvgIpc) is 1.95. The maximum Gasteiger partial charge on any atom is 0.324 e. The highest BCUT2D eigenvalue weighted by Crippen LogP contribution is 2.26. The van der Waals surface area contributed by atoms with Crippen LogP contribution in [0.1, 0.15) is 12.8 Å². The molecule has 1 saturated heterocycles. The van der Waals surface area contributed by atoms with E-state index in [1.807, 2.05) is 5.32 Å². The monoisotopic (exact) mass is 247 g/mol. The zero-order valence-electron chi connectivity index (χ0n) is 6.97. The van der Waals surface area contributed by atoms with Crippen LogP contribution in [0.4, 0.5) is 8.78 Å². The summed E-state index contributed by atoms with van der Waals surface area (Å²) in [6, 6.07) is -0.815. The molecule has 0 aromatic heterocycles. The minimum atomic E-state index is -3.77. The van der Waals surface area contributed by atoms with Gasteiger partial charge in [-0.3, -0.25) is 4.79 Å². The van der Waals surface area contributed by atoms with Crippen LogP contribution in [0.2, 0.25) is 0 Å². The molecule has 1 aliphatic heterocycles. The van der Waals surface area contributed by atoms with Crippen molar-refractivity contribution in [2.75, 3.05) is 5.75 Å². The molecule has 1 unspecified atom stereocenters. The van der Waals surface area contributed by atoms with Crippen LogP contribution in [0.3, 0.4) is 0 Å². The van der Waals surface area contributed by atoms with Gasteiger partial charge in [-0.2, -0.15) is 8.78 Å². The van der Waals surface area contributed by atoms with Crippen LogP contribution in [0, 0.1) is 0 Å². The minimum Gasteiger partial charge on any atom is -0.347 e. The normalized spacial score (nSPS) is 27.1. The first-order valence-corrected chi connectivity index (χ1v) is 6.30. The number of piperidine rings is 1. The van der Waals surface area contributed by atoms with Gasteiger partial charge in [0.05, 0.1) is 5.75 Å². The summed E-state index contributed by atoms with van der Waals surface area (Å²) in [5, 5.41) is 1.91. The van der Waals surface area contributed by atoms with E-state index in [1.165, 1.54) is 0 Å². The van der Waals surface area contributed by atoms with Crippen molar-refractivity contribution in [2.45, 2.75) is 24.8 Å². The third kappa shape index (κ3) is 3.06. The molecular formula is C6H8ClF2NO3S. The summed E-state index contributed by atoms with van der Waals surface area (Å²) < 4.78 is 46.4. The number of nitrogens with one attached hydrogen (secondary N) is 1. The molecule has 4 nitrogen and oxygen atoms in total. The van der Waals surface area contributed by atoms with Gasteiger partial charge in [0.25, 0.3) is 5.91 Å². The zero-order chi connectivity index (χ0) is 11.0. The largest absolute Gasteiger partial charge is 0.347 e. The first-order valence-electron chi connectivity index (χ1n) is 3.82. The van der Waals surface area contributed by atoms with E-state index in [1.54, 1.807) is 0 Å². The SMILES string of the molecule is O=C1NC(CS(=O)(=O)Cl)CCC1(F)F. The highest BCUT2D eigenvalue weighted by molar-refractivity contribution is 8.13. The number of amides is 1. The third-order valence-corrected chi connectivity index (χ3v) is 3.05. The van der Waals surface area contributed by atoms with Crippen LogP contribution in [0.25, 0.3) is 0 Å². The number of halogens is 3. The number of rotatable bonds is 2.